The third-order valence-electron chi connectivity index (χ3n) is 3.86. The standard InChI is InChI=1S/C14H20N2O5S/c1-3-14(4-2)20-12(9-19-22-15)13(21-14)10-7-5-6-8-11(10)16(17)18/h5-8,12-13H,3-4,9,15H2,1-2H3. The molecule has 0 bridgehead atoms. The number of nitro groups is 1. The Kier molecular flexibility index (Phi) is 5.76. The van der Waals surface area contributed by atoms with Crippen molar-refractivity contribution in [1.82, 2.24) is 0 Å². The van der Waals surface area contributed by atoms with Crippen molar-refractivity contribution >= 4 is 17.9 Å². The van der Waals surface area contributed by atoms with Crippen LogP contribution in [0.3, 0.4) is 0 Å². The number of hydrogen-bond donors (Lipinski definition) is 1. The number of rotatable bonds is 7. The normalized spacial score (nSPS) is 23.6. The van der Waals surface area contributed by atoms with Crippen LogP contribution >= 0.6 is 12.2 Å². The van der Waals surface area contributed by atoms with Gasteiger partial charge >= 0.3 is 0 Å². The quantitative estimate of drug-likeness (QED) is 0.355. The van der Waals surface area contributed by atoms with Gasteiger partial charge in [0.2, 0.25) is 0 Å². The van der Waals surface area contributed by atoms with Crippen LogP contribution in [0.5, 0.6) is 0 Å². The van der Waals surface area contributed by atoms with Crippen molar-refractivity contribution in [3.63, 3.8) is 0 Å². The molecule has 1 heterocycles. The molecular weight excluding hydrogens is 308 g/mol. The molecule has 1 aliphatic rings. The highest BCUT2D eigenvalue weighted by atomic mass is 32.2. The molecule has 1 aromatic rings. The van der Waals surface area contributed by atoms with Gasteiger partial charge in [-0.1, -0.05) is 26.0 Å². The van der Waals surface area contributed by atoms with E-state index in [1.165, 1.54) is 6.07 Å². The number of para-hydroxylation sites is 1. The van der Waals surface area contributed by atoms with Crippen LogP contribution in [0.25, 0.3) is 0 Å². The van der Waals surface area contributed by atoms with Gasteiger partial charge in [-0.25, -0.2) is 0 Å². The predicted octanol–water partition coefficient (Wildman–Crippen LogP) is 3.11. The Balaban J connectivity index is 2.35. The molecule has 1 fully saturated rings. The molecule has 1 aliphatic heterocycles. The summed E-state index contributed by atoms with van der Waals surface area (Å²) in [5.74, 6) is -0.748. The van der Waals surface area contributed by atoms with Crippen molar-refractivity contribution in [3.05, 3.63) is 39.9 Å². The maximum absolute atomic E-state index is 11.3. The molecule has 122 valence electrons. The summed E-state index contributed by atoms with van der Waals surface area (Å²) in [5, 5.41) is 16.5. The van der Waals surface area contributed by atoms with Gasteiger partial charge in [0.05, 0.1) is 29.3 Å². The molecule has 0 aromatic heterocycles. The maximum Gasteiger partial charge on any atom is 0.275 e. The second kappa shape index (κ2) is 7.38. The number of nitro benzene ring substituents is 1. The molecular formula is C14H20N2O5S. The lowest BCUT2D eigenvalue weighted by Crippen LogP contribution is -2.29. The van der Waals surface area contributed by atoms with Crippen LogP contribution in [0.2, 0.25) is 0 Å². The zero-order valence-corrected chi connectivity index (χ0v) is 13.4. The van der Waals surface area contributed by atoms with Gasteiger partial charge in [0, 0.05) is 6.07 Å². The molecule has 0 spiro atoms. The fourth-order valence-electron chi connectivity index (χ4n) is 2.64. The SMILES string of the molecule is CCC1(CC)OC(COSN)C(c2ccccc2[N+](=O)[O-])O1. The Morgan fingerprint density at radius 2 is 2.05 bits per heavy atom. The van der Waals surface area contributed by atoms with Gasteiger partial charge in [0.15, 0.2) is 5.79 Å². The summed E-state index contributed by atoms with van der Waals surface area (Å²) in [5.41, 5.74) is 0.511. The summed E-state index contributed by atoms with van der Waals surface area (Å²) in [6.07, 6.45) is 0.283. The van der Waals surface area contributed by atoms with E-state index in [0.717, 1.165) is 12.2 Å². The van der Waals surface area contributed by atoms with Gasteiger partial charge in [-0.15, -0.1) is 0 Å². The highest BCUT2D eigenvalue weighted by Gasteiger charge is 2.47. The van der Waals surface area contributed by atoms with E-state index in [1.54, 1.807) is 18.2 Å². The van der Waals surface area contributed by atoms with Crippen molar-refractivity contribution < 1.29 is 18.6 Å². The van der Waals surface area contributed by atoms with Crippen LogP contribution in [0.4, 0.5) is 5.69 Å². The lowest BCUT2D eigenvalue weighted by molar-refractivity contribution is -0.386. The third kappa shape index (κ3) is 3.41. The first-order valence-electron chi connectivity index (χ1n) is 7.14. The van der Waals surface area contributed by atoms with Crippen molar-refractivity contribution in [2.45, 2.75) is 44.7 Å². The second-order valence-corrected chi connectivity index (χ2v) is 5.44. The largest absolute Gasteiger partial charge is 0.341 e. The zero-order chi connectivity index (χ0) is 16.2. The number of benzene rings is 1. The summed E-state index contributed by atoms with van der Waals surface area (Å²) >= 11 is 0.742. The van der Waals surface area contributed by atoms with Gasteiger partial charge in [0.25, 0.3) is 5.69 Å². The Hall–Kier alpha value is -1.19. The van der Waals surface area contributed by atoms with Crippen molar-refractivity contribution in [3.8, 4) is 0 Å². The molecule has 2 rings (SSSR count). The van der Waals surface area contributed by atoms with Gasteiger partial charge in [-0.2, -0.15) is 0 Å². The Labute approximate surface area is 133 Å². The lowest BCUT2D eigenvalue weighted by atomic mass is 10.0. The third-order valence-corrected chi connectivity index (χ3v) is 4.14. The topological polar surface area (TPSA) is 96.9 Å². The maximum atomic E-state index is 11.3. The number of hydrogen-bond acceptors (Lipinski definition) is 7. The average Bonchev–Trinajstić information content (AvgIpc) is 2.92. The second-order valence-electron chi connectivity index (χ2n) is 5.01. The number of ether oxygens (including phenoxy) is 2. The van der Waals surface area contributed by atoms with E-state index in [2.05, 4.69) is 0 Å². The molecule has 8 heteroatoms. The summed E-state index contributed by atoms with van der Waals surface area (Å²) in [7, 11) is 0. The van der Waals surface area contributed by atoms with E-state index in [4.69, 9.17) is 18.8 Å². The molecule has 2 N–H and O–H groups in total. The minimum atomic E-state index is -0.748. The van der Waals surface area contributed by atoms with Gasteiger partial charge in [-0.05, 0) is 18.9 Å². The van der Waals surface area contributed by atoms with Gasteiger partial charge in [0.1, 0.15) is 12.2 Å². The Bertz CT molecular complexity index is 524. The van der Waals surface area contributed by atoms with Crippen LogP contribution in [0, 0.1) is 10.1 Å². The highest BCUT2D eigenvalue weighted by molar-refractivity contribution is 7.92. The fourth-order valence-corrected chi connectivity index (χ4v) is 2.85. The van der Waals surface area contributed by atoms with Gasteiger partial charge < -0.3 is 9.47 Å². The summed E-state index contributed by atoms with van der Waals surface area (Å²) in [6, 6.07) is 6.53. The molecule has 7 nitrogen and oxygen atoms in total. The Morgan fingerprint density at radius 1 is 1.36 bits per heavy atom. The molecule has 1 saturated heterocycles. The van der Waals surface area contributed by atoms with E-state index in [0.29, 0.717) is 18.4 Å². The molecule has 0 radical (unpaired) electrons. The molecule has 2 atom stereocenters. The van der Waals surface area contributed by atoms with Crippen molar-refractivity contribution in [1.29, 1.82) is 0 Å². The van der Waals surface area contributed by atoms with Crippen LogP contribution in [-0.2, 0) is 13.7 Å². The van der Waals surface area contributed by atoms with Crippen LogP contribution in [0.1, 0.15) is 38.4 Å². The van der Waals surface area contributed by atoms with Crippen LogP contribution in [-0.4, -0.2) is 23.4 Å². The first-order chi connectivity index (χ1) is 10.6. The van der Waals surface area contributed by atoms with Crippen molar-refractivity contribution in [2.24, 2.45) is 5.14 Å². The van der Waals surface area contributed by atoms with Gasteiger partial charge in [-0.3, -0.25) is 19.4 Å². The summed E-state index contributed by atoms with van der Waals surface area (Å²) in [6.45, 7) is 4.11. The number of nitrogens with zero attached hydrogens (tertiary/aromatic N) is 1. The van der Waals surface area contributed by atoms with E-state index in [-0.39, 0.29) is 12.3 Å². The molecule has 0 amide bonds. The van der Waals surface area contributed by atoms with E-state index >= 15 is 0 Å². The minimum absolute atomic E-state index is 0.0181. The molecule has 0 saturated carbocycles. The molecule has 0 aliphatic carbocycles. The first-order valence-corrected chi connectivity index (χ1v) is 7.94. The van der Waals surface area contributed by atoms with Crippen LogP contribution in [0.15, 0.2) is 24.3 Å². The first kappa shape index (κ1) is 17.2. The monoisotopic (exact) mass is 328 g/mol. The summed E-state index contributed by atoms with van der Waals surface area (Å²) in [4.78, 5) is 10.8. The zero-order valence-electron chi connectivity index (χ0n) is 12.6. The van der Waals surface area contributed by atoms with Crippen LogP contribution < -0.4 is 5.14 Å². The predicted molar refractivity (Wildman–Crippen MR) is 82.8 cm³/mol. The highest BCUT2D eigenvalue weighted by Crippen LogP contribution is 2.44. The Morgan fingerprint density at radius 3 is 2.64 bits per heavy atom. The molecule has 2 unspecified atom stereocenters. The molecule has 22 heavy (non-hydrogen) atoms. The van der Waals surface area contributed by atoms with Crippen molar-refractivity contribution in [2.75, 3.05) is 6.61 Å². The number of nitrogens with two attached hydrogens (primary N) is 1. The smallest absolute Gasteiger partial charge is 0.275 e. The average molecular weight is 328 g/mol. The lowest BCUT2D eigenvalue weighted by Gasteiger charge is -2.25. The minimum Gasteiger partial charge on any atom is -0.341 e. The molecule has 1 aromatic carbocycles. The van der Waals surface area contributed by atoms with E-state index < -0.39 is 22.9 Å². The van der Waals surface area contributed by atoms with E-state index in [1.807, 2.05) is 13.8 Å². The van der Waals surface area contributed by atoms with E-state index in [9.17, 15) is 10.1 Å². The summed E-state index contributed by atoms with van der Waals surface area (Å²) < 4.78 is 17.3. The fraction of sp³-hybridized carbons (Fsp3) is 0.571.